The number of urea groups is 1. The second-order valence-electron chi connectivity index (χ2n) is 6.56. The molecule has 30 heavy (non-hydrogen) atoms. The Kier molecular flexibility index (Phi) is 5.62. The molecule has 1 atom stereocenters. The molecule has 0 fully saturated rings. The number of fused-ring (bicyclic) bond motifs is 1. The van der Waals surface area contributed by atoms with Gasteiger partial charge in [-0.1, -0.05) is 6.07 Å². The monoisotopic (exact) mass is 406 g/mol. The van der Waals surface area contributed by atoms with Crippen molar-refractivity contribution in [2.24, 2.45) is 0 Å². The number of carbonyl (C=O) groups is 1. The Labute approximate surface area is 171 Å². The molecule has 0 saturated carbocycles. The van der Waals surface area contributed by atoms with Crippen LogP contribution in [0.2, 0.25) is 0 Å². The number of pyridine rings is 2. The van der Waals surface area contributed by atoms with Gasteiger partial charge in [-0.3, -0.25) is 15.4 Å². The van der Waals surface area contributed by atoms with E-state index in [1.807, 2.05) is 12.1 Å². The second kappa shape index (κ2) is 8.66. The van der Waals surface area contributed by atoms with Crippen LogP contribution in [0.5, 0.6) is 0 Å². The lowest BCUT2D eigenvalue weighted by Crippen LogP contribution is -2.35. The zero-order chi connectivity index (χ0) is 20.9. The van der Waals surface area contributed by atoms with Gasteiger partial charge in [0.2, 0.25) is 0 Å². The van der Waals surface area contributed by atoms with Gasteiger partial charge >= 0.3 is 6.03 Å². The zero-order valence-electron chi connectivity index (χ0n) is 16.1. The van der Waals surface area contributed by atoms with Crippen LogP contribution in [0.15, 0.2) is 60.9 Å². The molecule has 0 aliphatic heterocycles. The summed E-state index contributed by atoms with van der Waals surface area (Å²) in [6.45, 7) is 0.276. The summed E-state index contributed by atoms with van der Waals surface area (Å²) in [5, 5.41) is 13.5. The number of hydrogen-bond donors (Lipinski definition) is 3. The summed E-state index contributed by atoms with van der Waals surface area (Å²) in [5.74, 6) is 0.0400. The summed E-state index contributed by atoms with van der Waals surface area (Å²) in [4.78, 5) is 21.0. The van der Waals surface area contributed by atoms with Crippen molar-refractivity contribution in [3.63, 3.8) is 0 Å². The van der Waals surface area contributed by atoms with Crippen LogP contribution in [-0.4, -0.2) is 39.9 Å². The van der Waals surface area contributed by atoms with E-state index in [2.05, 4.69) is 30.8 Å². The first-order chi connectivity index (χ1) is 14.6. The smallest absolute Gasteiger partial charge is 0.321 e. The van der Waals surface area contributed by atoms with Crippen molar-refractivity contribution in [2.75, 3.05) is 19.0 Å². The number of aromatic nitrogens is 4. The number of nitrogens with zero attached hydrogens (tertiary/aromatic N) is 3. The lowest BCUT2D eigenvalue weighted by atomic mass is 10.1. The molecular weight excluding hydrogens is 387 g/mol. The molecule has 0 bridgehead atoms. The minimum absolute atomic E-state index is 0.276. The van der Waals surface area contributed by atoms with Gasteiger partial charge in [0.1, 0.15) is 17.3 Å². The summed E-state index contributed by atoms with van der Waals surface area (Å²) < 4.78 is 18.3. The third kappa shape index (κ3) is 4.26. The molecule has 0 aliphatic rings. The first-order valence-electron chi connectivity index (χ1n) is 9.21. The van der Waals surface area contributed by atoms with Crippen molar-refractivity contribution in [1.82, 2.24) is 25.5 Å². The summed E-state index contributed by atoms with van der Waals surface area (Å²) in [5.41, 5.74) is 2.80. The van der Waals surface area contributed by atoms with Crippen LogP contribution in [-0.2, 0) is 4.74 Å². The number of benzene rings is 1. The molecule has 1 aromatic carbocycles. The average Bonchev–Trinajstić information content (AvgIpc) is 3.18. The molecule has 3 N–H and O–H groups in total. The van der Waals surface area contributed by atoms with E-state index >= 15 is 0 Å². The minimum atomic E-state index is -0.437. The highest BCUT2D eigenvalue weighted by molar-refractivity contribution is 5.95. The molecule has 2 amide bonds. The first-order valence-corrected chi connectivity index (χ1v) is 9.21. The number of methoxy groups -OCH3 is 1. The third-order valence-corrected chi connectivity index (χ3v) is 4.49. The highest BCUT2D eigenvalue weighted by Crippen LogP contribution is 2.27. The van der Waals surface area contributed by atoms with Crippen molar-refractivity contribution in [1.29, 1.82) is 0 Å². The molecule has 4 aromatic rings. The molecule has 152 valence electrons. The Balaban J connectivity index is 1.49. The molecule has 0 spiro atoms. The highest BCUT2D eigenvalue weighted by atomic mass is 19.1. The summed E-state index contributed by atoms with van der Waals surface area (Å²) in [6.07, 6.45) is 3.27. The predicted octanol–water partition coefficient (Wildman–Crippen LogP) is 3.67. The number of anilines is 1. The topological polar surface area (TPSA) is 105 Å². The Hall–Kier alpha value is -3.85. The van der Waals surface area contributed by atoms with Gasteiger partial charge in [-0.2, -0.15) is 5.10 Å². The fourth-order valence-electron chi connectivity index (χ4n) is 3.07. The summed E-state index contributed by atoms with van der Waals surface area (Å²) >= 11 is 0. The van der Waals surface area contributed by atoms with Crippen LogP contribution in [0.1, 0.15) is 11.7 Å². The normalized spacial score (nSPS) is 11.9. The highest BCUT2D eigenvalue weighted by Gasteiger charge is 2.16. The fourth-order valence-corrected chi connectivity index (χ4v) is 3.07. The summed E-state index contributed by atoms with van der Waals surface area (Å²) in [6, 6.07) is 12.4. The maximum absolute atomic E-state index is 13.2. The van der Waals surface area contributed by atoms with E-state index in [1.54, 1.807) is 43.8 Å². The predicted molar refractivity (Wildman–Crippen MR) is 110 cm³/mol. The number of aromatic amines is 1. The van der Waals surface area contributed by atoms with E-state index in [-0.39, 0.29) is 12.4 Å². The molecule has 0 unspecified atom stereocenters. The van der Waals surface area contributed by atoms with E-state index in [1.165, 1.54) is 12.1 Å². The van der Waals surface area contributed by atoms with Gasteiger partial charge in [0.05, 0.1) is 23.9 Å². The lowest BCUT2D eigenvalue weighted by molar-refractivity contribution is 0.166. The van der Waals surface area contributed by atoms with Crippen molar-refractivity contribution in [3.8, 4) is 11.3 Å². The number of halogens is 1. The Morgan fingerprint density at radius 3 is 2.77 bits per heavy atom. The maximum Gasteiger partial charge on any atom is 0.321 e. The van der Waals surface area contributed by atoms with E-state index < -0.39 is 12.1 Å². The molecule has 0 radical (unpaired) electrons. The minimum Gasteiger partial charge on any atom is -0.382 e. The van der Waals surface area contributed by atoms with Crippen LogP contribution in [0, 0.1) is 5.82 Å². The van der Waals surface area contributed by atoms with Gasteiger partial charge in [0, 0.05) is 36.5 Å². The van der Waals surface area contributed by atoms with Gasteiger partial charge in [0.25, 0.3) is 0 Å². The van der Waals surface area contributed by atoms with Crippen LogP contribution in [0.25, 0.3) is 22.2 Å². The molecule has 8 nitrogen and oxygen atoms in total. The van der Waals surface area contributed by atoms with Crippen molar-refractivity contribution in [3.05, 3.63) is 72.4 Å². The van der Waals surface area contributed by atoms with E-state index in [0.29, 0.717) is 22.7 Å². The molecule has 9 heteroatoms. The van der Waals surface area contributed by atoms with Gasteiger partial charge in [-0.05, 0) is 36.4 Å². The van der Waals surface area contributed by atoms with Crippen LogP contribution in [0.4, 0.5) is 15.0 Å². The standard InChI is InChI=1S/C21H19FN6O2/c1-30-12-18(16-4-2-3-9-23-16)25-21(29)26-19-10-17-15(11-24-19)20(28-27-17)13-5-7-14(22)8-6-13/h2-11,18H,12H2,1H3,(H,27,28)(H2,24,25,26,29)/t18-/m1/s1. The molecular formula is C21H19FN6O2. The van der Waals surface area contributed by atoms with Crippen LogP contribution >= 0.6 is 0 Å². The van der Waals surface area contributed by atoms with Crippen LogP contribution < -0.4 is 10.6 Å². The molecule has 4 rings (SSSR count). The zero-order valence-corrected chi connectivity index (χ0v) is 16.1. The maximum atomic E-state index is 13.2. The largest absolute Gasteiger partial charge is 0.382 e. The van der Waals surface area contributed by atoms with E-state index in [0.717, 1.165) is 10.9 Å². The second-order valence-corrected chi connectivity index (χ2v) is 6.56. The van der Waals surface area contributed by atoms with Gasteiger partial charge in [0.15, 0.2) is 0 Å². The number of rotatable bonds is 6. The van der Waals surface area contributed by atoms with Crippen molar-refractivity contribution in [2.45, 2.75) is 6.04 Å². The summed E-state index contributed by atoms with van der Waals surface area (Å²) in [7, 11) is 1.56. The number of ether oxygens (including phenoxy) is 1. The SMILES string of the molecule is COC[C@@H](NC(=O)Nc1cc2[nH]nc(-c3ccc(F)cc3)c2cn1)c1ccccn1. The van der Waals surface area contributed by atoms with E-state index in [4.69, 9.17) is 4.74 Å². The van der Waals surface area contributed by atoms with Gasteiger partial charge < -0.3 is 10.1 Å². The Morgan fingerprint density at radius 2 is 2.03 bits per heavy atom. The molecule has 3 heterocycles. The van der Waals surface area contributed by atoms with Crippen molar-refractivity contribution < 1.29 is 13.9 Å². The Bertz CT molecular complexity index is 1150. The lowest BCUT2D eigenvalue weighted by Gasteiger charge is -2.17. The number of amides is 2. The quantitative estimate of drug-likeness (QED) is 0.453. The number of nitrogens with one attached hydrogen (secondary N) is 3. The van der Waals surface area contributed by atoms with Crippen LogP contribution in [0.3, 0.4) is 0 Å². The van der Waals surface area contributed by atoms with Crippen molar-refractivity contribution >= 4 is 22.8 Å². The fraction of sp³-hybridized carbons (Fsp3) is 0.143. The Morgan fingerprint density at radius 1 is 1.20 bits per heavy atom. The number of hydrogen-bond acceptors (Lipinski definition) is 5. The van der Waals surface area contributed by atoms with E-state index in [9.17, 15) is 9.18 Å². The number of carbonyl (C=O) groups excluding carboxylic acids is 1. The number of H-pyrrole nitrogens is 1. The first kappa shape index (κ1) is 19.5. The third-order valence-electron chi connectivity index (χ3n) is 4.49. The van der Waals surface area contributed by atoms with Gasteiger partial charge in [-0.25, -0.2) is 14.2 Å². The van der Waals surface area contributed by atoms with Gasteiger partial charge in [-0.15, -0.1) is 0 Å². The molecule has 0 saturated heterocycles. The average molecular weight is 406 g/mol. The molecule has 0 aliphatic carbocycles. The molecule has 3 aromatic heterocycles.